The van der Waals surface area contributed by atoms with E-state index in [1.807, 2.05) is 24.3 Å². The molecule has 0 saturated carbocycles. The number of nitrogens with two attached hydrogens (primary N) is 2. The van der Waals surface area contributed by atoms with Crippen LogP contribution in [-0.2, 0) is 6.54 Å². The van der Waals surface area contributed by atoms with Crippen LogP contribution in [0.1, 0.15) is 18.4 Å². The molecule has 0 aliphatic carbocycles. The van der Waals surface area contributed by atoms with Crippen LogP contribution in [0.5, 0.6) is 0 Å². The van der Waals surface area contributed by atoms with E-state index in [0.717, 1.165) is 10.0 Å². The number of hydrogen-bond donors (Lipinski definition) is 3. The average Bonchev–Trinajstić information content (AvgIpc) is 2.44. The summed E-state index contributed by atoms with van der Waals surface area (Å²) in [4.78, 5) is 5.59. The standard InChI is InChI=1S/C14H18BrF2N5/c15-10-4-2-1-3-9(10)8-21-12(18)11-7-14(16,17)5-6-22(11)13(19)20/h1-4,11H,5-8H2,(H2,18,21)(H3,19,20). The van der Waals surface area contributed by atoms with Crippen LogP contribution in [0.2, 0.25) is 0 Å². The van der Waals surface area contributed by atoms with Crippen molar-refractivity contribution in [3.8, 4) is 0 Å². The Morgan fingerprint density at radius 2 is 2.09 bits per heavy atom. The molecule has 1 fully saturated rings. The second-order valence-corrected chi connectivity index (χ2v) is 6.09. The van der Waals surface area contributed by atoms with E-state index in [0.29, 0.717) is 0 Å². The maximum atomic E-state index is 13.6. The number of rotatable bonds is 3. The Morgan fingerprint density at radius 1 is 1.41 bits per heavy atom. The van der Waals surface area contributed by atoms with E-state index >= 15 is 0 Å². The molecule has 0 spiro atoms. The lowest BCUT2D eigenvalue weighted by Gasteiger charge is -2.39. The molecule has 1 heterocycles. The Kier molecular flexibility index (Phi) is 5.00. The lowest BCUT2D eigenvalue weighted by Crippen LogP contribution is -2.57. The van der Waals surface area contributed by atoms with Crippen molar-refractivity contribution in [1.29, 1.82) is 5.41 Å². The Labute approximate surface area is 136 Å². The van der Waals surface area contributed by atoms with Crippen LogP contribution in [-0.4, -0.2) is 35.2 Å². The highest BCUT2D eigenvalue weighted by Gasteiger charge is 2.42. The van der Waals surface area contributed by atoms with Crippen molar-refractivity contribution in [2.75, 3.05) is 6.54 Å². The number of aliphatic imine (C=N–C) groups is 1. The third-order valence-corrected chi connectivity index (χ3v) is 4.40. The summed E-state index contributed by atoms with van der Waals surface area (Å²) in [7, 11) is 0. The quantitative estimate of drug-likeness (QED) is 0.560. The first-order valence-electron chi connectivity index (χ1n) is 6.82. The molecule has 22 heavy (non-hydrogen) atoms. The fourth-order valence-electron chi connectivity index (χ4n) is 2.40. The summed E-state index contributed by atoms with van der Waals surface area (Å²) < 4.78 is 28.1. The third-order valence-electron chi connectivity index (χ3n) is 3.63. The highest BCUT2D eigenvalue weighted by molar-refractivity contribution is 9.10. The van der Waals surface area contributed by atoms with Gasteiger partial charge in [0.25, 0.3) is 5.92 Å². The molecule has 1 unspecified atom stereocenters. The van der Waals surface area contributed by atoms with Crippen molar-refractivity contribution in [3.05, 3.63) is 34.3 Å². The van der Waals surface area contributed by atoms with Crippen molar-refractivity contribution in [2.45, 2.75) is 31.4 Å². The van der Waals surface area contributed by atoms with Gasteiger partial charge in [-0.25, -0.2) is 8.78 Å². The molecule has 0 amide bonds. The molecule has 5 N–H and O–H groups in total. The molecule has 2 rings (SSSR count). The van der Waals surface area contributed by atoms with Gasteiger partial charge < -0.3 is 16.4 Å². The number of benzene rings is 1. The Balaban J connectivity index is 2.17. The van der Waals surface area contributed by atoms with Crippen LogP contribution < -0.4 is 11.5 Å². The van der Waals surface area contributed by atoms with Crippen molar-refractivity contribution in [3.63, 3.8) is 0 Å². The summed E-state index contributed by atoms with van der Waals surface area (Å²) in [6.45, 7) is 0.277. The first kappa shape index (κ1) is 16.7. The van der Waals surface area contributed by atoms with Crippen molar-refractivity contribution < 1.29 is 8.78 Å². The Morgan fingerprint density at radius 3 is 2.73 bits per heavy atom. The number of nitrogens with zero attached hydrogens (tertiary/aromatic N) is 2. The topological polar surface area (TPSA) is 91.5 Å². The van der Waals surface area contributed by atoms with E-state index in [9.17, 15) is 8.78 Å². The predicted octanol–water partition coefficient (Wildman–Crippen LogP) is 2.30. The molecule has 1 saturated heterocycles. The van der Waals surface area contributed by atoms with Gasteiger partial charge in [0.15, 0.2) is 5.96 Å². The van der Waals surface area contributed by atoms with E-state index in [1.54, 1.807) is 0 Å². The van der Waals surface area contributed by atoms with Crippen LogP contribution >= 0.6 is 15.9 Å². The van der Waals surface area contributed by atoms with Crippen molar-refractivity contribution in [2.24, 2.45) is 16.5 Å². The van der Waals surface area contributed by atoms with Gasteiger partial charge in [-0.3, -0.25) is 10.4 Å². The average molecular weight is 374 g/mol. The second kappa shape index (κ2) is 6.60. The molecule has 1 aromatic carbocycles. The summed E-state index contributed by atoms with van der Waals surface area (Å²) >= 11 is 3.40. The second-order valence-electron chi connectivity index (χ2n) is 5.24. The molecular formula is C14H18BrF2N5. The smallest absolute Gasteiger partial charge is 0.252 e. The number of piperidine rings is 1. The zero-order valence-electron chi connectivity index (χ0n) is 11.9. The molecular weight excluding hydrogens is 356 g/mol. The Hall–Kier alpha value is -1.70. The highest BCUT2D eigenvalue weighted by atomic mass is 79.9. The minimum Gasteiger partial charge on any atom is -0.386 e. The number of nitrogens with one attached hydrogen (secondary N) is 1. The molecule has 0 radical (unpaired) electrons. The number of halogens is 3. The minimum atomic E-state index is -2.82. The molecule has 1 aliphatic heterocycles. The maximum Gasteiger partial charge on any atom is 0.252 e. The molecule has 1 aliphatic rings. The van der Waals surface area contributed by atoms with Gasteiger partial charge in [-0.05, 0) is 11.6 Å². The van der Waals surface area contributed by atoms with Gasteiger partial charge in [0.05, 0.1) is 12.6 Å². The normalized spacial score (nSPS) is 21.7. The predicted molar refractivity (Wildman–Crippen MR) is 86.1 cm³/mol. The zero-order valence-corrected chi connectivity index (χ0v) is 13.5. The monoisotopic (exact) mass is 373 g/mol. The molecule has 120 valence electrons. The van der Waals surface area contributed by atoms with Gasteiger partial charge in [-0.1, -0.05) is 34.1 Å². The molecule has 1 atom stereocenters. The number of guanidine groups is 1. The Bertz CT molecular complexity index is 590. The van der Waals surface area contributed by atoms with Crippen LogP contribution in [0, 0.1) is 5.41 Å². The first-order valence-corrected chi connectivity index (χ1v) is 7.61. The van der Waals surface area contributed by atoms with E-state index in [1.165, 1.54) is 4.90 Å². The van der Waals surface area contributed by atoms with Crippen LogP contribution in [0.3, 0.4) is 0 Å². The third kappa shape index (κ3) is 3.94. The molecule has 8 heteroatoms. The summed E-state index contributed by atoms with van der Waals surface area (Å²) in [6.07, 6.45) is -0.807. The lowest BCUT2D eigenvalue weighted by molar-refractivity contribution is -0.0527. The largest absolute Gasteiger partial charge is 0.386 e. The summed E-state index contributed by atoms with van der Waals surface area (Å²) in [6, 6.07) is 6.64. The lowest BCUT2D eigenvalue weighted by atomic mass is 9.98. The molecule has 1 aromatic rings. The number of amidine groups is 1. The first-order chi connectivity index (χ1) is 10.3. The molecule has 0 aromatic heterocycles. The molecule has 0 bridgehead atoms. The number of likely N-dealkylation sites (tertiary alicyclic amines) is 1. The van der Waals surface area contributed by atoms with Crippen molar-refractivity contribution >= 4 is 27.7 Å². The van der Waals surface area contributed by atoms with E-state index in [4.69, 9.17) is 16.9 Å². The van der Waals surface area contributed by atoms with Gasteiger partial charge in [-0.15, -0.1) is 0 Å². The maximum absolute atomic E-state index is 13.6. The fourth-order valence-corrected chi connectivity index (χ4v) is 2.81. The van der Waals surface area contributed by atoms with Gasteiger partial charge in [-0.2, -0.15) is 0 Å². The highest BCUT2D eigenvalue weighted by Crippen LogP contribution is 2.31. The summed E-state index contributed by atoms with van der Waals surface area (Å²) in [5, 5.41) is 7.51. The van der Waals surface area contributed by atoms with Gasteiger partial charge in [0.2, 0.25) is 0 Å². The van der Waals surface area contributed by atoms with E-state index < -0.39 is 18.4 Å². The van der Waals surface area contributed by atoms with E-state index in [2.05, 4.69) is 20.9 Å². The number of alkyl halides is 2. The minimum absolute atomic E-state index is 0.00173. The van der Waals surface area contributed by atoms with Gasteiger partial charge >= 0.3 is 0 Å². The van der Waals surface area contributed by atoms with Gasteiger partial charge in [0, 0.05) is 23.9 Å². The SMILES string of the molecule is N=C(N)N1CCC(F)(F)CC1C(N)=NCc1ccccc1Br. The number of hydrogen-bond acceptors (Lipinski definition) is 2. The van der Waals surface area contributed by atoms with Crippen molar-refractivity contribution in [1.82, 2.24) is 4.90 Å². The summed E-state index contributed by atoms with van der Waals surface area (Å²) in [5.74, 6) is -3.01. The van der Waals surface area contributed by atoms with Gasteiger partial charge in [0.1, 0.15) is 5.84 Å². The summed E-state index contributed by atoms with van der Waals surface area (Å²) in [5.41, 5.74) is 12.3. The zero-order chi connectivity index (χ0) is 16.3. The van der Waals surface area contributed by atoms with Crippen LogP contribution in [0.15, 0.2) is 33.7 Å². The van der Waals surface area contributed by atoms with Crippen LogP contribution in [0.4, 0.5) is 8.78 Å². The van der Waals surface area contributed by atoms with E-state index in [-0.39, 0.29) is 31.3 Å². The molecule has 5 nitrogen and oxygen atoms in total. The fraction of sp³-hybridized carbons (Fsp3) is 0.429. The van der Waals surface area contributed by atoms with Crippen LogP contribution in [0.25, 0.3) is 0 Å².